The Labute approximate surface area is 165 Å². The van der Waals surface area contributed by atoms with E-state index in [9.17, 15) is 4.79 Å². The first kappa shape index (κ1) is 18.6. The number of likely N-dealkylation sites (N-methyl/N-ethyl adjacent to an activating group) is 1. The zero-order valence-electron chi connectivity index (χ0n) is 16.4. The van der Waals surface area contributed by atoms with Crippen LogP contribution in [0, 0.1) is 0 Å². The van der Waals surface area contributed by atoms with Gasteiger partial charge in [-0.15, -0.1) is 0 Å². The van der Waals surface area contributed by atoms with Crippen LogP contribution in [0.3, 0.4) is 0 Å². The zero-order chi connectivity index (χ0) is 19.3. The summed E-state index contributed by atoms with van der Waals surface area (Å²) in [6.07, 6.45) is 5.94. The fourth-order valence-electron chi connectivity index (χ4n) is 3.96. The first-order valence-corrected chi connectivity index (χ1v) is 10.00. The Hall–Kier alpha value is -2.73. The van der Waals surface area contributed by atoms with Crippen molar-refractivity contribution in [1.82, 2.24) is 24.6 Å². The van der Waals surface area contributed by atoms with Gasteiger partial charge in [-0.25, -0.2) is 4.98 Å². The zero-order valence-corrected chi connectivity index (χ0v) is 16.4. The lowest BCUT2D eigenvalue weighted by atomic mass is 10.0. The Bertz CT molecular complexity index is 924. The number of hydrogen-bond acceptors (Lipinski definition) is 4. The number of hydrogen-bond donors (Lipinski definition) is 0. The topological polar surface area (TPSA) is 54.3 Å². The normalized spacial score (nSPS) is 18.1. The number of carbonyl (C=O) groups is 1. The second-order valence-electron chi connectivity index (χ2n) is 7.55. The monoisotopic (exact) mass is 377 g/mol. The van der Waals surface area contributed by atoms with Crippen LogP contribution >= 0.6 is 0 Å². The van der Waals surface area contributed by atoms with Crippen molar-refractivity contribution in [2.24, 2.45) is 0 Å². The Kier molecular flexibility index (Phi) is 5.67. The highest BCUT2D eigenvalue weighted by Gasteiger charge is 2.31. The SMILES string of the molecule is CN1CCN(CCc2ccc3ccccc3c2)C(=O)[C@@H]1CCCn1cncn1. The van der Waals surface area contributed by atoms with Crippen LogP contribution in [0.4, 0.5) is 0 Å². The molecule has 1 aliphatic rings. The lowest BCUT2D eigenvalue weighted by Crippen LogP contribution is -2.55. The first-order valence-electron chi connectivity index (χ1n) is 10.00. The average Bonchev–Trinajstić information content (AvgIpc) is 3.23. The molecule has 1 saturated heterocycles. The summed E-state index contributed by atoms with van der Waals surface area (Å²) in [5.41, 5.74) is 1.29. The number of carbonyl (C=O) groups excluding carboxylic acids is 1. The van der Waals surface area contributed by atoms with Crippen molar-refractivity contribution in [1.29, 1.82) is 0 Å². The molecule has 4 rings (SSSR count). The molecular formula is C22H27N5O. The largest absolute Gasteiger partial charge is 0.340 e. The van der Waals surface area contributed by atoms with E-state index >= 15 is 0 Å². The van der Waals surface area contributed by atoms with E-state index in [4.69, 9.17) is 0 Å². The number of amides is 1. The Morgan fingerprint density at radius 1 is 1.07 bits per heavy atom. The molecule has 0 unspecified atom stereocenters. The number of aryl methyl sites for hydroxylation is 1. The Balaban J connectivity index is 1.33. The number of fused-ring (bicyclic) bond motifs is 1. The molecule has 6 nitrogen and oxygen atoms in total. The maximum atomic E-state index is 13.0. The molecule has 0 N–H and O–H groups in total. The molecule has 146 valence electrons. The van der Waals surface area contributed by atoms with Crippen LogP contribution in [-0.4, -0.2) is 63.2 Å². The number of benzene rings is 2. The molecule has 2 heterocycles. The van der Waals surface area contributed by atoms with Gasteiger partial charge in [0.15, 0.2) is 0 Å². The van der Waals surface area contributed by atoms with Gasteiger partial charge in [-0.1, -0.05) is 42.5 Å². The predicted molar refractivity (Wildman–Crippen MR) is 110 cm³/mol. The van der Waals surface area contributed by atoms with Gasteiger partial charge >= 0.3 is 0 Å². The fourth-order valence-corrected chi connectivity index (χ4v) is 3.96. The van der Waals surface area contributed by atoms with Gasteiger partial charge < -0.3 is 4.90 Å². The first-order chi connectivity index (χ1) is 13.7. The van der Waals surface area contributed by atoms with Crippen LogP contribution in [0.1, 0.15) is 18.4 Å². The van der Waals surface area contributed by atoms with Crippen molar-refractivity contribution in [3.63, 3.8) is 0 Å². The fraction of sp³-hybridized carbons (Fsp3) is 0.409. The van der Waals surface area contributed by atoms with Crippen LogP contribution in [0.25, 0.3) is 10.8 Å². The molecule has 1 aliphatic heterocycles. The van der Waals surface area contributed by atoms with E-state index in [0.717, 1.165) is 45.4 Å². The lowest BCUT2D eigenvalue weighted by molar-refractivity contribution is -0.141. The third kappa shape index (κ3) is 4.22. The molecular weight excluding hydrogens is 350 g/mol. The Morgan fingerprint density at radius 2 is 1.93 bits per heavy atom. The van der Waals surface area contributed by atoms with E-state index in [1.807, 2.05) is 9.58 Å². The van der Waals surface area contributed by atoms with Crippen molar-refractivity contribution >= 4 is 16.7 Å². The van der Waals surface area contributed by atoms with E-state index in [-0.39, 0.29) is 11.9 Å². The molecule has 0 aliphatic carbocycles. The summed E-state index contributed by atoms with van der Waals surface area (Å²) in [6, 6.07) is 15.0. The van der Waals surface area contributed by atoms with Crippen molar-refractivity contribution < 1.29 is 4.79 Å². The summed E-state index contributed by atoms with van der Waals surface area (Å²) in [5, 5.41) is 6.65. The Morgan fingerprint density at radius 3 is 2.75 bits per heavy atom. The van der Waals surface area contributed by atoms with E-state index in [2.05, 4.69) is 64.5 Å². The van der Waals surface area contributed by atoms with E-state index in [1.165, 1.54) is 16.3 Å². The summed E-state index contributed by atoms with van der Waals surface area (Å²) >= 11 is 0. The van der Waals surface area contributed by atoms with Crippen LogP contribution in [0.2, 0.25) is 0 Å². The third-order valence-electron chi connectivity index (χ3n) is 5.67. The maximum absolute atomic E-state index is 13.0. The highest BCUT2D eigenvalue weighted by Crippen LogP contribution is 2.18. The van der Waals surface area contributed by atoms with E-state index < -0.39 is 0 Å². The van der Waals surface area contributed by atoms with Crippen LogP contribution in [-0.2, 0) is 17.8 Å². The van der Waals surface area contributed by atoms with Gasteiger partial charge in [0.05, 0.1) is 6.04 Å². The molecule has 1 atom stereocenters. The van der Waals surface area contributed by atoms with E-state index in [0.29, 0.717) is 0 Å². The molecule has 3 aromatic rings. The molecule has 28 heavy (non-hydrogen) atoms. The number of aromatic nitrogens is 3. The third-order valence-corrected chi connectivity index (χ3v) is 5.67. The minimum Gasteiger partial charge on any atom is -0.340 e. The summed E-state index contributed by atoms with van der Waals surface area (Å²) in [4.78, 5) is 21.2. The van der Waals surface area contributed by atoms with Gasteiger partial charge in [-0.2, -0.15) is 5.10 Å². The van der Waals surface area contributed by atoms with Crippen LogP contribution in [0.15, 0.2) is 55.1 Å². The second kappa shape index (κ2) is 8.52. The smallest absolute Gasteiger partial charge is 0.239 e. The standard InChI is InChI=1S/C22H27N5O/c1-25-13-14-26(22(28)21(25)7-4-11-27-17-23-16-24-27)12-10-18-8-9-19-5-2-3-6-20(19)15-18/h2-3,5-6,8-9,15-17,21H,4,7,10-14H2,1H3/t21-/m0/s1. The lowest BCUT2D eigenvalue weighted by Gasteiger charge is -2.39. The summed E-state index contributed by atoms with van der Waals surface area (Å²) in [5.74, 6) is 0.258. The van der Waals surface area contributed by atoms with Gasteiger partial charge in [0.2, 0.25) is 5.91 Å². The molecule has 0 spiro atoms. The second-order valence-corrected chi connectivity index (χ2v) is 7.55. The average molecular weight is 377 g/mol. The number of nitrogens with zero attached hydrogens (tertiary/aromatic N) is 5. The maximum Gasteiger partial charge on any atom is 0.239 e. The van der Waals surface area contributed by atoms with Crippen LogP contribution < -0.4 is 0 Å². The molecule has 0 radical (unpaired) electrons. The summed E-state index contributed by atoms with van der Waals surface area (Å²) < 4.78 is 1.82. The molecule has 1 amide bonds. The number of rotatable bonds is 7. The van der Waals surface area contributed by atoms with Gasteiger partial charge in [-0.05, 0) is 42.6 Å². The molecule has 2 aromatic carbocycles. The molecule has 1 aromatic heterocycles. The summed E-state index contributed by atoms with van der Waals surface area (Å²) in [7, 11) is 2.05. The molecule has 6 heteroatoms. The van der Waals surface area contributed by atoms with Gasteiger partial charge in [0.1, 0.15) is 12.7 Å². The highest BCUT2D eigenvalue weighted by atomic mass is 16.2. The highest BCUT2D eigenvalue weighted by molar-refractivity contribution is 5.83. The van der Waals surface area contributed by atoms with E-state index in [1.54, 1.807) is 12.7 Å². The molecule has 0 saturated carbocycles. The van der Waals surface area contributed by atoms with Gasteiger partial charge in [0.25, 0.3) is 0 Å². The van der Waals surface area contributed by atoms with Crippen LogP contribution in [0.5, 0.6) is 0 Å². The van der Waals surface area contributed by atoms with Crippen molar-refractivity contribution in [2.75, 3.05) is 26.7 Å². The van der Waals surface area contributed by atoms with Crippen molar-refractivity contribution in [3.8, 4) is 0 Å². The predicted octanol–water partition coefficient (Wildman–Crippen LogP) is 2.60. The minimum atomic E-state index is -0.0334. The van der Waals surface area contributed by atoms with Crippen molar-refractivity contribution in [3.05, 3.63) is 60.7 Å². The van der Waals surface area contributed by atoms with Gasteiger partial charge in [0, 0.05) is 26.2 Å². The number of piperazine rings is 1. The van der Waals surface area contributed by atoms with Gasteiger partial charge in [-0.3, -0.25) is 14.4 Å². The summed E-state index contributed by atoms with van der Waals surface area (Å²) in [6.45, 7) is 3.32. The van der Waals surface area contributed by atoms with Crippen molar-refractivity contribution in [2.45, 2.75) is 31.8 Å². The quantitative estimate of drug-likeness (QED) is 0.635. The molecule has 0 bridgehead atoms. The minimum absolute atomic E-state index is 0.0334. The molecule has 1 fully saturated rings.